The molecule has 0 spiro atoms. The zero-order valence-corrected chi connectivity index (χ0v) is 29.4. The smallest absolute Gasteiger partial charge is 0.407 e. The van der Waals surface area contributed by atoms with E-state index in [1.807, 2.05) is 25.7 Å². The summed E-state index contributed by atoms with van der Waals surface area (Å²) in [6.45, 7) is 10.6. The molecule has 0 aliphatic carbocycles. The lowest BCUT2D eigenvalue weighted by Crippen LogP contribution is -2.48. The van der Waals surface area contributed by atoms with Crippen molar-refractivity contribution in [3.63, 3.8) is 0 Å². The molecule has 1 N–H and O–H groups in total. The summed E-state index contributed by atoms with van der Waals surface area (Å²) in [6.07, 6.45) is 4.33. The van der Waals surface area contributed by atoms with Gasteiger partial charge in [0.2, 0.25) is 5.91 Å². The molecule has 1 unspecified atom stereocenters. The van der Waals surface area contributed by atoms with Gasteiger partial charge < -0.3 is 33.9 Å². The molecule has 1 fully saturated rings. The molecule has 0 aromatic heterocycles. The molecular formula is C37H53N3O7. The van der Waals surface area contributed by atoms with E-state index in [2.05, 4.69) is 41.4 Å². The van der Waals surface area contributed by atoms with Gasteiger partial charge in [0.15, 0.2) is 23.0 Å². The Hall–Kier alpha value is -3.66. The summed E-state index contributed by atoms with van der Waals surface area (Å²) in [7, 11) is 6.69. The second-order valence-electron chi connectivity index (χ2n) is 14.0. The van der Waals surface area contributed by atoms with Crippen molar-refractivity contribution in [1.29, 1.82) is 0 Å². The molecule has 0 saturated carbocycles. The Bertz CT molecular complexity index is 1440. The summed E-state index contributed by atoms with van der Waals surface area (Å²) in [5, 5.41) is 2.76. The topological polar surface area (TPSA) is 98.8 Å². The number of ether oxygens (including phenoxy) is 5. The maximum atomic E-state index is 13.9. The Morgan fingerprint density at radius 2 is 1.40 bits per heavy atom. The van der Waals surface area contributed by atoms with Crippen molar-refractivity contribution in [1.82, 2.24) is 15.1 Å². The number of piperidine rings is 1. The number of nitrogens with one attached hydrogen (secondary N) is 1. The third kappa shape index (κ3) is 7.58. The molecule has 1 saturated heterocycles. The van der Waals surface area contributed by atoms with Crippen LogP contribution in [0.15, 0.2) is 24.3 Å². The molecule has 0 radical (unpaired) electrons. The van der Waals surface area contributed by atoms with Gasteiger partial charge in [-0.25, -0.2) is 4.79 Å². The first-order chi connectivity index (χ1) is 22.5. The molecular weight excluding hydrogens is 598 g/mol. The Morgan fingerprint density at radius 3 is 2.00 bits per heavy atom. The first-order valence-corrected chi connectivity index (χ1v) is 17.0. The lowest BCUT2D eigenvalue weighted by Gasteiger charge is -2.49. The molecule has 3 aliphatic rings. The van der Waals surface area contributed by atoms with E-state index in [0.717, 1.165) is 62.3 Å². The van der Waals surface area contributed by atoms with Crippen LogP contribution in [0, 0.1) is 11.8 Å². The van der Waals surface area contributed by atoms with Gasteiger partial charge in [-0.1, -0.05) is 13.3 Å². The predicted molar refractivity (Wildman–Crippen MR) is 181 cm³/mol. The Balaban J connectivity index is 1.43. The molecule has 5 rings (SSSR count). The van der Waals surface area contributed by atoms with Crippen molar-refractivity contribution >= 4 is 12.0 Å². The molecule has 0 bridgehead atoms. The summed E-state index contributed by atoms with van der Waals surface area (Å²) in [5.41, 5.74) is 4.36. The Morgan fingerprint density at radius 1 is 0.830 bits per heavy atom. The van der Waals surface area contributed by atoms with Crippen molar-refractivity contribution in [3.05, 3.63) is 46.5 Å². The van der Waals surface area contributed by atoms with E-state index in [1.165, 1.54) is 16.7 Å². The minimum Gasteiger partial charge on any atom is -0.493 e. The molecule has 47 heavy (non-hydrogen) atoms. The molecule has 10 nitrogen and oxygen atoms in total. The number of amides is 2. The lowest BCUT2D eigenvalue weighted by atomic mass is 9.72. The van der Waals surface area contributed by atoms with Gasteiger partial charge in [0, 0.05) is 38.6 Å². The van der Waals surface area contributed by atoms with Crippen LogP contribution in [-0.2, 0) is 22.4 Å². The van der Waals surface area contributed by atoms with Crippen LogP contribution in [-0.4, -0.2) is 82.0 Å². The van der Waals surface area contributed by atoms with Gasteiger partial charge in [-0.2, -0.15) is 0 Å². The van der Waals surface area contributed by atoms with Crippen LogP contribution in [0.4, 0.5) is 4.79 Å². The number of hydrogen-bond donors (Lipinski definition) is 1. The van der Waals surface area contributed by atoms with Gasteiger partial charge in [-0.3, -0.25) is 9.69 Å². The Labute approximate surface area is 280 Å². The highest BCUT2D eigenvalue weighted by Gasteiger charge is 2.42. The van der Waals surface area contributed by atoms with E-state index in [0.29, 0.717) is 29.9 Å². The number of carbonyl (C=O) groups is 2. The first kappa shape index (κ1) is 34.7. The minimum atomic E-state index is -0.600. The quantitative estimate of drug-likeness (QED) is 0.329. The summed E-state index contributed by atoms with van der Waals surface area (Å²) in [6, 6.07) is 8.63. The van der Waals surface area contributed by atoms with E-state index >= 15 is 0 Å². The van der Waals surface area contributed by atoms with Gasteiger partial charge in [0.05, 0.1) is 34.5 Å². The van der Waals surface area contributed by atoms with Gasteiger partial charge in [0.25, 0.3) is 0 Å². The zero-order valence-electron chi connectivity index (χ0n) is 29.4. The molecule has 3 heterocycles. The molecule has 2 amide bonds. The number of benzene rings is 2. The van der Waals surface area contributed by atoms with Crippen LogP contribution in [0.1, 0.15) is 87.7 Å². The first-order valence-electron chi connectivity index (χ1n) is 17.0. The maximum Gasteiger partial charge on any atom is 0.407 e. The SMILES string of the molecule is CC[C@H]1CN2CCc3cc(OC)c(OC)cc3C2C[C@@H]1C[C@@H]1c2cc(OC)c(OC)cc2CCN1C(=O)CCNC(=O)OC(C)(C)C. The van der Waals surface area contributed by atoms with Crippen LogP contribution >= 0.6 is 0 Å². The second kappa shape index (κ2) is 14.6. The third-order valence-corrected chi connectivity index (χ3v) is 10.2. The van der Waals surface area contributed by atoms with Gasteiger partial charge in [0.1, 0.15) is 5.60 Å². The standard InChI is InChI=1S/C37H53N3O7/c1-9-23-22-39-14-11-24-18-31(43-5)33(45-7)20-27(24)29(39)16-26(23)17-30-28-21-34(46-8)32(44-6)19-25(28)12-15-40(30)35(41)10-13-38-36(42)47-37(2,3)4/h18-21,23,26,29-30H,9-17,22H2,1-8H3,(H,38,42)/t23-,26+,29?,30+/m0/s1. The average molecular weight is 652 g/mol. The molecule has 3 aliphatic heterocycles. The van der Waals surface area contributed by atoms with Crippen molar-refractivity contribution in [2.45, 2.75) is 83.9 Å². The number of alkyl carbamates (subject to hydrolysis) is 1. The summed E-state index contributed by atoms with van der Waals surface area (Å²) >= 11 is 0. The number of fused-ring (bicyclic) bond motifs is 4. The van der Waals surface area contributed by atoms with Crippen LogP contribution < -0.4 is 24.3 Å². The highest BCUT2D eigenvalue weighted by molar-refractivity contribution is 5.78. The molecule has 2 aromatic rings. The largest absolute Gasteiger partial charge is 0.493 e. The number of methoxy groups -OCH3 is 4. The monoisotopic (exact) mass is 651 g/mol. The lowest BCUT2D eigenvalue weighted by molar-refractivity contribution is -0.134. The fraction of sp³-hybridized carbons (Fsp3) is 0.622. The molecule has 4 atom stereocenters. The highest BCUT2D eigenvalue weighted by Crippen LogP contribution is 2.49. The van der Waals surface area contributed by atoms with Crippen molar-refractivity contribution in [2.24, 2.45) is 11.8 Å². The fourth-order valence-corrected chi connectivity index (χ4v) is 7.85. The molecule has 10 heteroatoms. The number of rotatable bonds is 10. The van der Waals surface area contributed by atoms with Crippen molar-refractivity contribution in [2.75, 3.05) is 54.6 Å². The van der Waals surface area contributed by atoms with E-state index < -0.39 is 11.7 Å². The molecule has 258 valence electrons. The van der Waals surface area contributed by atoms with E-state index in [9.17, 15) is 9.59 Å². The zero-order chi connectivity index (χ0) is 33.9. The number of hydrogen-bond acceptors (Lipinski definition) is 8. The third-order valence-electron chi connectivity index (χ3n) is 10.2. The van der Waals surface area contributed by atoms with Gasteiger partial charge in [-0.15, -0.1) is 0 Å². The number of carbonyl (C=O) groups excluding carboxylic acids is 2. The molecule has 2 aromatic carbocycles. The van der Waals surface area contributed by atoms with Gasteiger partial charge in [-0.05, 0) is 105 Å². The summed E-state index contributed by atoms with van der Waals surface area (Å²) < 4.78 is 28.1. The van der Waals surface area contributed by atoms with Crippen LogP contribution in [0.2, 0.25) is 0 Å². The Kier molecular flexibility index (Phi) is 10.8. The predicted octanol–water partition coefficient (Wildman–Crippen LogP) is 6.10. The van der Waals surface area contributed by atoms with Crippen molar-refractivity contribution < 1.29 is 33.3 Å². The van der Waals surface area contributed by atoms with Crippen molar-refractivity contribution in [3.8, 4) is 23.0 Å². The van der Waals surface area contributed by atoms with E-state index in [4.69, 9.17) is 23.7 Å². The number of nitrogens with zero attached hydrogens (tertiary/aromatic N) is 2. The highest BCUT2D eigenvalue weighted by atomic mass is 16.6. The van der Waals surface area contributed by atoms with Crippen LogP contribution in [0.5, 0.6) is 23.0 Å². The fourth-order valence-electron chi connectivity index (χ4n) is 7.85. The average Bonchev–Trinajstić information content (AvgIpc) is 3.05. The van der Waals surface area contributed by atoms with Gasteiger partial charge >= 0.3 is 6.09 Å². The summed E-state index contributed by atoms with van der Waals surface area (Å²) in [5.74, 6) is 3.83. The normalized spacial score (nSPS) is 22.3. The minimum absolute atomic E-state index is 0.0248. The van der Waals surface area contributed by atoms with Crippen LogP contribution in [0.25, 0.3) is 0 Å². The second-order valence-corrected chi connectivity index (χ2v) is 14.0. The van der Waals surface area contributed by atoms with E-state index in [1.54, 1.807) is 28.4 Å². The maximum absolute atomic E-state index is 13.9. The van der Waals surface area contributed by atoms with Crippen LogP contribution in [0.3, 0.4) is 0 Å². The van der Waals surface area contributed by atoms with E-state index in [-0.39, 0.29) is 31.0 Å². The summed E-state index contributed by atoms with van der Waals surface area (Å²) in [4.78, 5) is 30.9.